The third kappa shape index (κ3) is 3.50. The van der Waals surface area contributed by atoms with Gasteiger partial charge >= 0.3 is 0 Å². The van der Waals surface area contributed by atoms with E-state index in [1.54, 1.807) is 12.1 Å². The highest BCUT2D eigenvalue weighted by Crippen LogP contribution is 2.18. The molecule has 0 aromatic heterocycles. The molecule has 0 aliphatic heterocycles. The van der Waals surface area contributed by atoms with Crippen molar-refractivity contribution in [1.29, 1.82) is 0 Å². The fraction of sp³-hybridized carbons (Fsp3) is 0. The molecule has 0 saturated heterocycles. The van der Waals surface area contributed by atoms with Crippen LogP contribution in [0.25, 0.3) is 0 Å². The SMILES string of the molecule is NNC(=O)c1ccc(NS(=O)(=O)c2cccc(N)c2)cc1. The molecule has 0 radical (unpaired) electrons. The van der Waals surface area contributed by atoms with Gasteiger partial charge in [-0.2, -0.15) is 0 Å². The number of hydrogen-bond donors (Lipinski definition) is 4. The van der Waals surface area contributed by atoms with Crippen molar-refractivity contribution >= 4 is 27.3 Å². The first-order valence-corrected chi connectivity index (χ1v) is 7.40. The van der Waals surface area contributed by atoms with Crippen molar-refractivity contribution in [2.24, 2.45) is 5.84 Å². The van der Waals surface area contributed by atoms with Gasteiger partial charge < -0.3 is 5.73 Å². The zero-order valence-corrected chi connectivity index (χ0v) is 11.7. The maximum Gasteiger partial charge on any atom is 0.265 e. The lowest BCUT2D eigenvalue weighted by molar-refractivity contribution is 0.0953. The Kier molecular flexibility index (Phi) is 4.10. The average molecular weight is 306 g/mol. The number of nitrogen functional groups attached to an aromatic ring is 2. The van der Waals surface area contributed by atoms with Gasteiger partial charge in [0.2, 0.25) is 0 Å². The number of hydrazine groups is 1. The monoisotopic (exact) mass is 306 g/mol. The van der Waals surface area contributed by atoms with Crippen molar-refractivity contribution in [2.45, 2.75) is 4.90 Å². The number of carbonyl (C=O) groups excluding carboxylic acids is 1. The second-order valence-electron chi connectivity index (χ2n) is 4.23. The van der Waals surface area contributed by atoms with Gasteiger partial charge in [0.1, 0.15) is 0 Å². The highest BCUT2D eigenvalue weighted by atomic mass is 32.2. The maximum atomic E-state index is 12.2. The Bertz CT molecular complexity index is 757. The number of hydrogen-bond acceptors (Lipinski definition) is 5. The molecule has 1 amide bonds. The Morgan fingerprint density at radius 2 is 1.71 bits per heavy atom. The largest absolute Gasteiger partial charge is 0.399 e. The second kappa shape index (κ2) is 5.81. The summed E-state index contributed by atoms with van der Waals surface area (Å²) in [6.45, 7) is 0. The predicted molar refractivity (Wildman–Crippen MR) is 79.8 cm³/mol. The summed E-state index contributed by atoms with van der Waals surface area (Å²) in [5.41, 5.74) is 8.56. The van der Waals surface area contributed by atoms with Gasteiger partial charge in [0, 0.05) is 16.9 Å². The third-order valence-electron chi connectivity index (χ3n) is 2.70. The Balaban J connectivity index is 2.23. The smallest absolute Gasteiger partial charge is 0.265 e. The molecular weight excluding hydrogens is 292 g/mol. The van der Waals surface area contributed by atoms with Crippen molar-refractivity contribution < 1.29 is 13.2 Å². The predicted octanol–water partition coefficient (Wildman–Crippen LogP) is 0.673. The van der Waals surface area contributed by atoms with E-state index in [2.05, 4.69) is 4.72 Å². The van der Waals surface area contributed by atoms with Crippen LogP contribution in [0.5, 0.6) is 0 Å². The van der Waals surface area contributed by atoms with Crippen LogP contribution >= 0.6 is 0 Å². The average Bonchev–Trinajstić information content (AvgIpc) is 2.47. The van der Waals surface area contributed by atoms with Crippen LogP contribution in [0.3, 0.4) is 0 Å². The lowest BCUT2D eigenvalue weighted by Gasteiger charge is -2.09. The Morgan fingerprint density at radius 3 is 2.29 bits per heavy atom. The summed E-state index contributed by atoms with van der Waals surface area (Å²) in [6, 6.07) is 11.8. The zero-order valence-electron chi connectivity index (χ0n) is 10.9. The third-order valence-corrected chi connectivity index (χ3v) is 4.08. The molecule has 0 unspecified atom stereocenters. The molecule has 0 bridgehead atoms. The number of benzene rings is 2. The van der Waals surface area contributed by atoms with Crippen LogP contribution in [0.15, 0.2) is 53.4 Å². The van der Waals surface area contributed by atoms with Gasteiger partial charge in [0.25, 0.3) is 15.9 Å². The molecular formula is C13H14N4O3S. The summed E-state index contributed by atoms with van der Waals surface area (Å²) >= 11 is 0. The lowest BCUT2D eigenvalue weighted by atomic mass is 10.2. The summed E-state index contributed by atoms with van der Waals surface area (Å²) in [7, 11) is -3.73. The number of sulfonamides is 1. The number of amides is 1. The van der Waals surface area contributed by atoms with Crippen LogP contribution in [-0.4, -0.2) is 14.3 Å². The van der Waals surface area contributed by atoms with E-state index in [1.165, 1.54) is 36.4 Å². The molecule has 2 rings (SSSR count). The molecule has 7 nitrogen and oxygen atoms in total. The zero-order chi connectivity index (χ0) is 15.5. The maximum absolute atomic E-state index is 12.2. The van der Waals surface area contributed by atoms with Crippen molar-refractivity contribution in [2.75, 3.05) is 10.5 Å². The summed E-state index contributed by atoms with van der Waals surface area (Å²) in [5, 5.41) is 0. The molecule has 0 fully saturated rings. The van der Waals surface area contributed by atoms with Crippen LogP contribution in [0.2, 0.25) is 0 Å². The molecule has 0 heterocycles. The highest BCUT2D eigenvalue weighted by molar-refractivity contribution is 7.92. The summed E-state index contributed by atoms with van der Waals surface area (Å²) in [4.78, 5) is 11.3. The van der Waals surface area contributed by atoms with E-state index in [1.807, 2.05) is 5.43 Å². The Morgan fingerprint density at radius 1 is 1.05 bits per heavy atom. The van der Waals surface area contributed by atoms with Crippen molar-refractivity contribution in [3.8, 4) is 0 Å². The number of anilines is 2. The summed E-state index contributed by atoms with van der Waals surface area (Å²) in [6.07, 6.45) is 0. The highest BCUT2D eigenvalue weighted by Gasteiger charge is 2.14. The molecule has 6 N–H and O–H groups in total. The first-order chi connectivity index (χ1) is 9.92. The van der Waals surface area contributed by atoms with E-state index in [-0.39, 0.29) is 4.90 Å². The molecule has 0 aliphatic rings. The normalized spacial score (nSPS) is 10.9. The molecule has 8 heteroatoms. The van der Waals surface area contributed by atoms with E-state index in [9.17, 15) is 13.2 Å². The quantitative estimate of drug-likeness (QED) is 0.286. The number of rotatable bonds is 4. The fourth-order valence-electron chi connectivity index (χ4n) is 1.67. The number of nitrogens with two attached hydrogens (primary N) is 2. The van der Waals surface area contributed by atoms with Gasteiger partial charge in [-0.25, -0.2) is 14.3 Å². The molecule has 0 aliphatic carbocycles. The van der Waals surface area contributed by atoms with Crippen LogP contribution in [0.4, 0.5) is 11.4 Å². The minimum atomic E-state index is -3.73. The van der Waals surface area contributed by atoms with Gasteiger partial charge in [0.15, 0.2) is 0 Å². The van der Waals surface area contributed by atoms with Crippen molar-refractivity contribution in [3.05, 3.63) is 54.1 Å². The molecule has 2 aromatic rings. The van der Waals surface area contributed by atoms with E-state index in [0.29, 0.717) is 16.9 Å². The van der Waals surface area contributed by atoms with E-state index < -0.39 is 15.9 Å². The van der Waals surface area contributed by atoms with Gasteiger partial charge in [-0.15, -0.1) is 0 Å². The Labute approximate surface area is 122 Å². The van der Waals surface area contributed by atoms with Gasteiger partial charge in [0.05, 0.1) is 4.90 Å². The molecule has 0 spiro atoms. The minimum absolute atomic E-state index is 0.0614. The lowest BCUT2D eigenvalue weighted by Crippen LogP contribution is -2.29. The fourth-order valence-corrected chi connectivity index (χ4v) is 2.78. The molecule has 0 atom stereocenters. The Hall–Kier alpha value is -2.58. The second-order valence-corrected chi connectivity index (χ2v) is 5.91. The summed E-state index contributed by atoms with van der Waals surface area (Å²) < 4.78 is 26.7. The van der Waals surface area contributed by atoms with E-state index in [4.69, 9.17) is 11.6 Å². The summed E-state index contributed by atoms with van der Waals surface area (Å²) in [5.74, 6) is 4.55. The first kappa shape index (κ1) is 14.8. The van der Waals surface area contributed by atoms with Crippen LogP contribution in [0, 0.1) is 0 Å². The molecule has 2 aromatic carbocycles. The minimum Gasteiger partial charge on any atom is -0.399 e. The molecule has 110 valence electrons. The van der Waals surface area contributed by atoms with Crippen LogP contribution in [-0.2, 0) is 10.0 Å². The van der Waals surface area contributed by atoms with Gasteiger partial charge in [-0.1, -0.05) is 6.07 Å². The van der Waals surface area contributed by atoms with E-state index >= 15 is 0 Å². The standard InChI is InChI=1S/C13H14N4O3S/c14-10-2-1-3-12(8-10)21(19,20)17-11-6-4-9(5-7-11)13(18)16-15/h1-8,17H,14-15H2,(H,16,18). The van der Waals surface area contributed by atoms with Crippen LogP contribution < -0.4 is 21.7 Å². The van der Waals surface area contributed by atoms with Gasteiger partial charge in [-0.3, -0.25) is 14.9 Å². The molecule has 0 saturated carbocycles. The number of carbonyl (C=O) groups is 1. The first-order valence-electron chi connectivity index (χ1n) is 5.92. The van der Waals surface area contributed by atoms with Gasteiger partial charge in [-0.05, 0) is 42.5 Å². The number of nitrogens with one attached hydrogen (secondary N) is 2. The van der Waals surface area contributed by atoms with Crippen molar-refractivity contribution in [1.82, 2.24) is 5.43 Å². The molecule has 21 heavy (non-hydrogen) atoms. The van der Waals surface area contributed by atoms with Crippen LogP contribution in [0.1, 0.15) is 10.4 Å². The van der Waals surface area contributed by atoms with E-state index in [0.717, 1.165) is 0 Å². The van der Waals surface area contributed by atoms with Crippen molar-refractivity contribution in [3.63, 3.8) is 0 Å². The topological polar surface area (TPSA) is 127 Å².